The Bertz CT molecular complexity index is 783. The lowest BCUT2D eigenvalue weighted by molar-refractivity contribution is 0.259. The Morgan fingerprint density at radius 2 is 2.12 bits per heavy atom. The van der Waals surface area contributed by atoms with Gasteiger partial charge in [0.05, 0.1) is 0 Å². The number of hydrogen-bond acceptors (Lipinski definition) is 2. The summed E-state index contributed by atoms with van der Waals surface area (Å²) in [4.78, 5) is 12.8. The number of benzene rings is 1. The lowest BCUT2D eigenvalue weighted by atomic mass is 10.1. The lowest BCUT2D eigenvalue weighted by Gasteiger charge is -2.25. The summed E-state index contributed by atoms with van der Waals surface area (Å²) in [5, 5.41) is 4.91. The Hall–Kier alpha value is -2.27. The minimum absolute atomic E-state index is 0.662. The third kappa shape index (κ3) is 3.63. The number of aliphatic imine (C=N–C) groups is 1. The van der Waals surface area contributed by atoms with Crippen LogP contribution in [0.4, 0.5) is 0 Å². The first kappa shape index (κ1) is 17.2. The molecule has 2 aromatic rings. The van der Waals surface area contributed by atoms with E-state index in [4.69, 9.17) is 0 Å². The molecule has 0 spiro atoms. The van der Waals surface area contributed by atoms with Gasteiger partial charge in [-0.2, -0.15) is 0 Å². The standard InChI is InChI=1S/C21H29N5/c1-22-21(26-14-10-18(16-26)25-12-4-5-13-25)23-11-6-7-17-15-24-20-9-3-2-8-19(17)20/h2-5,8-9,15,18,24H,6-7,10-14,16H2,1H3,(H,22,23). The maximum absolute atomic E-state index is 4.51. The molecule has 3 heterocycles. The number of nitrogens with zero attached hydrogens (tertiary/aromatic N) is 3. The fourth-order valence-corrected chi connectivity index (χ4v) is 4.17. The molecule has 2 aliphatic rings. The van der Waals surface area contributed by atoms with E-state index in [1.165, 1.54) is 22.9 Å². The van der Waals surface area contributed by atoms with Crippen LogP contribution in [0.15, 0.2) is 47.6 Å². The second kappa shape index (κ2) is 7.96. The Morgan fingerprint density at radius 1 is 1.27 bits per heavy atom. The molecule has 1 saturated heterocycles. The van der Waals surface area contributed by atoms with Crippen molar-refractivity contribution in [3.05, 3.63) is 48.2 Å². The van der Waals surface area contributed by atoms with Crippen LogP contribution < -0.4 is 5.32 Å². The smallest absolute Gasteiger partial charge is 0.193 e. The predicted octanol–water partition coefficient (Wildman–Crippen LogP) is 2.62. The molecule has 5 heteroatoms. The van der Waals surface area contributed by atoms with Crippen molar-refractivity contribution in [1.29, 1.82) is 0 Å². The molecule has 1 atom stereocenters. The minimum atomic E-state index is 0.662. The lowest BCUT2D eigenvalue weighted by Crippen LogP contribution is -2.43. The second-order valence-electron chi connectivity index (χ2n) is 7.25. The van der Waals surface area contributed by atoms with Gasteiger partial charge in [0, 0.05) is 62.9 Å². The molecule has 26 heavy (non-hydrogen) atoms. The van der Waals surface area contributed by atoms with Crippen LogP contribution in [0.25, 0.3) is 10.9 Å². The first-order valence-corrected chi connectivity index (χ1v) is 9.75. The predicted molar refractivity (Wildman–Crippen MR) is 109 cm³/mol. The quantitative estimate of drug-likeness (QED) is 0.377. The van der Waals surface area contributed by atoms with Gasteiger partial charge in [0.1, 0.15) is 0 Å². The van der Waals surface area contributed by atoms with Crippen molar-refractivity contribution in [1.82, 2.24) is 20.1 Å². The molecule has 1 aromatic heterocycles. The van der Waals surface area contributed by atoms with Gasteiger partial charge in [0.25, 0.3) is 0 Å². The monoisotopic (exact) mass is 351 g/mol. The Kier molecular flexibility index (Phi) is 5.25. The Morgan fingerprint density at radius 3 is 2.96 bits per heavy atom. The van der Waals surface area contributed by atoms with Crippen molar-refractivity contribution >= 4 is 16.9 Å². The van der Waals surface area contributed by atoms with Crippen LogP contribution in [0.5, 0.6) is 0 Å². The van der Waals surface area contributed by atoms with E-state index in [9.17, 15) is 0 Å². The first-order chi connectivity index (χ1) is 12.8. The largest absolute Gasteiger partial charge is 0.361 e. The van der Waals surface area contributed by atoms with Crippen LogP contribution >= 0.6 is 0 Å². The van der Waals surface area contributed by atoms with Crippen molar-refractivity contribution in [2.75, 3.05) is 39.8 Å². The molecular formula is C21H29N5. The number of aromatic amines is 1. The van der Waals surface area contributed by atoms with Crippen LogP contribution in [0.2, 0.25) is 0 Å². The minimum Gasteiger partial charge on any atom is -0.361 e. The molecule has 0 saturated carbocycles. The fourth-order valence-electron chi connectivity index (χ4n) is 4.17. The van der Waals surface area contributed by atoms with Crippen LogP contribution in [0.1, 0.15) is 18.4 Å². The summed E-state index contributed by atoms with van der Waals surface area (Å²) < 4.78 is 0. The zero-order chi connectivity index (χ0) is 17.8. The molecule has 1 fully saturated rings. The zero-order valence-electron chi connectivity index (χ0n) is 15.6. The molecule has 0 bridgehead atoms. The molecule has 0 radical (unpaired) electrons. The van der Waals surface area contributed by atoms with Gasteiger partial charge >= 0.3 is 0 Å². The number of guanidine groups is 1. The number of hydrogen-bond donors (Lipinski definition) is 2. The van der Waals surface area contributed by atoms with Crippen LogP contribution in [0.3, 0.4) is 0 Å². The Labute approximate surface area is 155 Å². The van der Waals surface area contributed by atoms with Crippen molar-refractivity contribution in [3.63, 3.8) is 0 Å². The number of fused-ring (bicyclic) bond motifs is 1. The zero-order valence-corrected chi connectivity index (χ0v) is 15.6. The van der Waals surface area contributed by atoms with E-state index >= 15 is 0 Å². The van der Waals surface area contributed by atoms with Gasteiger partial charge in [-0.15, -0.1) is 0 Å². The number of para-hydroxylation sites is 1. The summed E-state index contributed by atoms with van der Waals surface area (Å²) >= 11 is 0. The second-order valence-corrected chi connectivity index (χ2v) is 7.25. The molecular weight excluding hydrogens is 322 g/mol. The highest BCUT2D eigenvalue weighted by molar-refractivity contribution is 5.83. The summed E-state index contributed by atoms with van der Waals surface area (Å²) in [5.74, 6) is 1.05. The fraction of sp³-hybridized carbons (Fsp3) is 0.476. The highest BCUT2D eigenvalue weighted by Crippen LogP contribution is 2.19. The highest BCUT2D eigenvalue weighted by atomic mass is 15.3. The number of aryl methyl sites for hydroxylation is 1. The van der Waals surface area contributed by atoms with E-state index in [2.05, 4.69) is 67.7 Å². The normalized spacial score (nSPS) is 21.2. The molecule has 1 unspecified atom stereocenters. The SMILES string of the molecule is CN=C(NCCCc1c[nH]c2ccccc12)N1CCC(N2CC=CC2)C1. The van der Waals surface area contributed by atoms with Gasteiger partial charge in [-0.05, 0) is 30.9 Å². The van der Waals surface area contributed by atoms with Gasteiger partial charge in [-0.25, -0.2) is 0 Å². The van der Waals surface area contributed by atoms with E-state index in [0.717, 1.165) is 51.5 Å². The van der Waals surface area contributed by atoms with E-state index in [1.807, 2.05) is 7.05 Å². The Balaban J connectivity index is 1.24. The van der Waals surface area contributed by atoms with E-state index in [0.29, 0.717) is 6.04 Å². The van der Waals surface area contributed by atoms with Gasteiger partial charge in [0.15, 0.2) is 5.96 Å². The van der Waals surface area contributed by atoms with Crippen LogP contribution in [0, 0.1) is 0 Å². The third-order valence-corrected chi connectivity index (χ3v) is 5.62. The maximum atomic E-state index is 4.51. The van der Waals surface area contributed by atoms with E-state index in [-0.39, 0.29) is 0 Å². The molecule has 138 valence electrons. The first-order valence-electron chi connectivity index (χ1n) is 9.75. The number of H-pyrrole nitrogens is 1. The average Bonchev–Trinajstić information content (AvgIpc) is 3.42. The van der Waals surface area contributed by atoms with Gasteiger partial charge in [0.2, 0.25) is 0 Å². The van der Waals surface area contributed by atoms with Crippen molar-refractivity contribution in [3.8, 4) is 0 Å². The molecule has 0 aliphatic carbocycles. The van der Waals surface area contributed by atoms with Crippen molar-refractivity contribution in [2.24, 2.45) is 4.99 Å². The summed E-state index contributed by atoms with van der Waals surface area (Å²) in [6.45, 7) is 5.36. The highest BCUT2D eigenvalue weighted by Gasteiger charge is 2.29. The number of likely N-dealkylation sites (tertiary alicyclic amines) is 1. The molecule has 5 nitrogen and oxygen atoms in total. The van der Waals surface area contributed by atoms with Gasteiger partial charge in [-0.1, -0.05) is 30.4 Å². The molecule has 1 aromatic carbocycles. The van der Waals surface area contributed by atoms with E-state index < -0.39 is 0 Å². The number of rotatable bonds is 5. The molecule has 0 amide bonds. The third-order valence-electron chi connectivity index (χ3n) is 5.62. The van der Waals surface area contributed by atoms with Crippen LogP contribution in [-0.2, 0) is 6.42 Å². The number of nitrogens with one attached hydrogen (secondary N) is 2. The van der Waals surface area contributed by atoms with Gasteiger partial charge < -0.3 is 15.2 Å². The summed E-state index contributed by atoms with van der Waals surface area (Å²) in [6.07, 6.45) is 10.1. The summed E-state index contributed by atoms with van der Waals surface area (Å²) in [6, 6.07) is 9.19. The van der Waals surface area contributed by atoms with Crippen molar-refractivity contribution < 1.29 is 0 Å². The summed E-state index contributed by atoms with van der Waals surface area (Å²) in [7, 11) is 1.90. The van der Waals surface area contributed by atoms with Gasteiger partial charge in [-0.3, -0.25) is 9.89 Å². The average molecular weight is 351 g/mol. The molecule has 2 N–H and O–H groups in total. The summed E-state index contributed by atoms with van der Waals surface area (Å²) in [5.41, 5.74) is 2.63. The van der Waals surface area contributed by atoms with Crippen molar-refractivity contribution in [2.45, 2.75) is 25.3 Å². The number of aromatic nitrogens is 1. The van der Waals surface area contributed by atoms with E-state index in [1.54, 1.807) is 0 Å². The van der Waals surface area contributed by atoms with Crippen LogP contribution in [-0.4, -0.2) is 66.6 Å². The maximum Gasteiger partial charge on any atom is 0.193 e. The molecule has 2 aliphatic heterocycles. The topological polar surface area (TPSA) is 46.7 Å². The molecule has 4 rings (SSSR count).